The quantitative estimate of drug-likeness (QED) is 0.505. The van der Waals surface area contributed by atoms with Gasteiger partial charge in [0, 0.05) is 13.1 Å². The van der Waals surface area contributed by atoms with Crippen LogP contribution in [0, 0.1) is 0 Å². The Labute approximate surface area is 78.5 Å². The molecule has 0 N–H and O–H groups in total. The maximum atomic E-state index is 2.36. The van der Waals surface area contributed by atoms with Crippen molar-refractivity contribution in [3.63, 3.8) is 0 Å². The Hall–Kier alpha value is -0.300. The molecule has 0 saturated heterocycles. The van der Waals surface area contributed by atoms with E-state index in [4.69, 9.17) is 0 Å². The molecule has 1 heterocycles. The largest absolute Gasteiger partial charge is 0.306 e. The van der Waals surface area contributed by atoms with Crippen LogP contribution in [0.5, 0.6) is 0 Å². The molecular formula is C11H25N. The van der Waals surface area contributed by atoms with Gasteiger partial charge in [0.2, 0.25) is 0 Å². The van der Waals surface area contributed by atoms with Gasteiger partial charge in [-0.05, 0) is 19.9 Å². The molecule has 0 saturated carbocycles. The molecule has 1 aliphatic rings. The predicted octanol–water partition coefficient (Wildman–Crippen LogP) is 3.32. The van der Waals surface area contributed by atoms with Crippen molar-refractivity contribution >= 4 is 0 Å². The zero-order chi connectivity index (χ0) is 9.82. The maximum absolute atomic E-state index is 2.36. The summed E-state index contributed by atoms with van der Waals surface area (Å²) in [5, 5.41) is 0. The van der Waals surface area contributed by atoms with Crippen LogP contribution >= 0.6 is 0 Å². The molecule has 74 valence electrons. The Bertz CT molecular complexity index is 77.0. The fraction of sp³-hybridized carbons (Fsp3) is 0.818. The molecule has 1 rings (SSSR count). The second-order valence-electron chi connectivity index (χ2n) is 2.35. The molecule has 1 nitrogen and oxygen atoms in total. The van der Waals surface area contributed by atoms with Gasteiger partial charge in [-0.15, -0.1) is 0 Å². The van der Waals surface area contributed by atoms with Gasteiger partial charge in [0.1, 0.15) is 0 Å². The molecule has 0 spiro atoms. The molecule has 1 aliphatic heterocycles. The van der Waals surface area contributed by atoms with Crippen LogP contribution in [0.25, 0.3) is 0 Å². The van der Waals surface area contributed by atoms with Crippen LogP contribution in [0.4, 0.5) is 0 Å². The van der Waals surface area contributed by atoms with E-state index in [1.165, 1.54) is 25.9 Å². The minimum atomic E-state index is 1.23. The van der Waals surface area contributed by atoms with Gasteiger partial charge in [0.05, 0.1) is 0 Å². The van der Waals surface area contributed by atoms with Crippen molar-refractivity contribution in [1.82, 2.24) is 4.90 Å². The highest BCUT2D eigenvalue weighted by Gasteiger charge is 1.96. The summed E-state index contributed by atoms with van der Waals surface area (Å²) in [6.07, 6.45) is 7.00. The van der Waals surface area contributed by atoms with E-state index in [1.54, 1.807) is 0 Å². The average molecular weight is 171 g/mol. The van der Waals surface area contributed by atoms with Gasteiger partial charge in [0.25, 0.3) is 0 Å². The van der Waals surface area contributed by atoms with Crippen molar-refractivity contribution in [3.8, 4) is 0 Å². The van der Waals surface area contributed by atoms with E-state index in [-0.39, 0.29) is 0 Å². The van der Waals surface area contributed by atoms with Crippen molar-refractivity contribution in [3.05, 3.63) is 12.2 Å². The van der Waals surface area contributed by atoms with Gasteiger partial charge < -0.3 is 4.90 Å². The van der Waals surface area contributed by atoms with Crippen LogP contribution in [0.1, 0.15) is 40.5 Å². The summed E-state index contributed by atoms with van der Waals surface area (Å²) in [7, 11) is 2.17. The molecule has 0 radical (unpaired) electrons. The summed E-state index contributed by atoms with van der Waals surface area (Å²) >= 11 is 0. The van der Waals surface area contributed by atoms with E-state index in [0.29, 0.717) is 0 Å². The van der Waals surface area contributed by atoms with Crippen molar-refractivity contribution in [2.45, 2.75) is 40.5 Å². The van der Waals surface area contributed by atoms with Crippen LogP contribution in [0.2, 0.25) is 0 Å². The SMILES string of the molecule is CC.CC.CN1CCC=CCC1. The molecule has 0 unspecified atom stereocenters. The van der Waals surface area contributed by atoms with Crippen LogP contribution in [-0.2, 0) is 0 Å². The smallest absolute Gasteiger partial charge is 0.00130 e. The van der Waals surface area contributed by atoms with Gasteiger partial charge in [-0.2, -0.15) is 0 Å². The second kappa shape index (κ2) is 13.3. The van der Waals surface area contributed by atoms with Crippen molar-refractivity contribution in [1.29, 1.82) is 0 Å². The van der Waals surface area contributed by atoms with Gasteiger partial charge in [-0.25, -0.2) is 0 Å². The van der Waals surface area contributed by atoms with E-state index in [0.717, 1.165) is 0 Å². The van der Waals surface area contributed by atoms with E-state index in [9.17, 15) is 0 Å². The second-order valence-corrected chi connectivity index (χ2v) is 2.35. The van der Waals surface area contributed by atoms with E-state index in [2.05, 4.69) is 24.1 Å². The lowest BCUT2D eigenvalue weighted by Crippen LogP contribution is -2.18. The first-order valence-corrected chi connectivity index (χ1v) is 5.23. The van der Waals surface area contributed by atoms with Gasteiger partial charge >= 0.3 is 0 Å². The summed E-state index contributed by atoms with van der Waals surface area (Å²) in [4.78, 5) is 2.36. The van der Waals surface area contributed by atoms with E-state index in [1.807, 2.05) is 27.7 Å². The van der Waals surface area contributed by atoms with Crippen molar-refractivity contribution in [2.24, 2.45) is 0 Å². The maximum Gasteiger partial charge on any atom is 0.00130 e. The Kier molecular flexibility index (Phi) is 15.8. The third-order valence-corrected chi connectivity index (χ3v) is 1.52. The molecule has 12 heavy (non-hydrogen) atoms. The highest BCUT2D eigenvalue weighted by Crippen LogP contribution is 1.98. The molecule has 0 fully saturated rings. The van der Waals surface area contributed by atoms with E-state index < -0.39 is 0 Å². The Morgan fingerprint density at radius 1 is 0.833 bits per heavy atom. The summed E-state index contributed by atoms with van der Waals surface area (Å²) in [6.45, 7) is 10.5. The minimum absolute atomic E-state index is 1.23. The zero-order valence-electron chi connectivity index (χ0n) is 9.43. The Morgan fingerprint density at radius 2 is 1.17 bits per heavy atom. The van der Waals surface area contributed by atoms with Crippen LogP contribution in [0.15, 0.2) is 12.2 Å². The molecule has 0 aliphatic carbocycles. The normalized spacial score (nSPS) is 16.4. The summed E-state index contributed by atoms with van der Waals surface area (Å²) in [6, 6.07) is 0. The molecule has 1 heteroatoms. The lowest BCUT2D eigenvalue weighted by molar-refractivity contribution is 0.354. The summed E-state index contributed by atoms with van der Waals surface area (Å²) in [5.41, 5.74) is 0. The molecule has 0 aromatic carbocycles. The molecule has 0 amide bonds. The van der Waals surface area contributed by atoms with Crippen LogP contribution in [-0.4, -0.2) is 25.0 Å². The fourth-order valence-corrected chi connectivity index (χ4v) is 0.937. The summed E-state index contributed by atoms with van der Waals surface area (Å²) in [5.74, 6) is 0. The zero-order valence-corrected chi connectivity index (χ0v) is 9.43. The van der Waals surface area contributed by atoms with Gasteiger partial charge in [-0.1, -0.05) is 39.8 Å². The summed E-state index contributed by atoms with van der Waals surface area (Å²) < 4.78 is 0. The molecule has 0 aromatic heterocycles. The standard InChI is InChI=1S/C7H13N.2C2H6/c1-8-6-4-2-3-5-7-8;2*1-2/h2-3H,4-7H2,1H3;2*1-2H3. The minimum Gasteiger partial charge on any atom is -0.306 e. The van der Waals surface area contributed by atoms with Gasteiger partial charge in [-0.3, -0.25) is 0 Å². The first-order valence-electron chi connectivity index (χ1n) is 5.23. The lowest BCUT2D eigenvalue weighted by atomic mass is 10.4. The number of rotatable bonds is 0. The fourth-order valence-electron chi connectivity index (χ4n) is 0.937. The Balaban J connectivity index is 0. The van der Waals surface area contributed by atoms with Crippen molar-refractivity contribution in [2.75, 3.05) is 20.1 Å². The topological polar surface area (TPSA) is 3.24 Å². The molecule has 0 bridgehead atoms. The molecule has 0 aromatic rings. The third kappa shape index (κ3) is 9.70. The predicted molar refractivity (Wildman–Crippen MR) is 58.6 cm³/mol. The van der Waals surface area contributed by atoms with Crippen LogP contribution in [0.3, 0.4) is 0 Å². The molecule has 0 atom stereocenters. The van der Waals surface area contributed by atoms with Crippen molar-refractivity contribution < 1.29 is 0 Å². The first kappa shape index (κ1) is 14.2. The average Bonchev–Trinajstić information content (AvgIpc) is 2.40. The Morgan fingerprint density at radius 3 is 1.50 bits per heavy atom. The lowest BCUT2D eigenvalue weighted by Gasteiger charge is -2.10. The number of hydrogen-bond acceptors (Lipinski definition) is 1. The first-order chi connectivity index (χ1) is 5.89. The monoisotopic (exact) mass is 171 g/mol. The third-order valence-electron chi connectivity index (χ3n) is 1.52. The highest BCUT2D eigenvalue weighted by atomic mass is 15.1. The number of hydrogen-bond donors (Lipinski definition) is 0. The van der Waals surface area contributed by atoms with E-state index >= 15 is 0 Å². The number of nitrogens with zero attached hydrogens (tertiary/aromatic N) is 1. The van der Waals surface area contributed by atoms with Gasteiger partial charge in [0.15, 0.2) is 0 Å². The molecular weight excluding hydrogens is 146 g/mol. The van der Waals surface area contributed by atoms with Crippen LogP contribution < -0.4 is 0 Å². The highest BCUT2D eigenvalue weighted by molar-refractivity contribution is 4.85.